The molecule has 1 aromatic carbocycles. The van der Waals surface area contributed by atoms with Crippen LogP contribution in [0.1, 0.15) is 45.6 Å². The Morgan fingerprint density at radius 3 is 2.45 bits per heavy atom. The number of rotatable bonds is 14. The van der Waals surface area contributed by atoms with Gasteiger partial charge in [-0.15, -0.1) is 0 Å². The van der Waals surface area contributed by atoms with Gasteiger partial charge >= 0.3 is 5.97 Å². The van der Waals surface area contributed by atoms with Crippen LogP contribution in [-0.4, -0.2) is 40.8 Å². The molecule has 0 fully saturated rings. The van der Waals surface area contributed by atoms with E-state index >= 15 is 0 Å². The molecule has 0 radical (unpaired) electrons. The average Bonchev–Trinajstić information content (AvgIpc) is 2.87. The minimum Gasteiger partial charge on any atom is -0.458 e. The van der Waals surface area contributed by atoms with E-state index in [0.29, 0.717) is 18.9 Å². The summed E-state index contributed by atoms with van der Waals surface area (Å²) in [5.41, 5.74) is 0.314. The zero-order valence-electron chi connectivity index (χ0n) is 22.1. The predicted molar refractivity (Wildman–Crippen MR) is 144 cm³/mol. The smallest absolute Gasteiger partial charge is 0.330 e. The number of ether oxygens (including phenoxy) is 1. The van der Waals surface area contributed by atoms with Gasteiger partial charge in [0, 0.05) is 25.7 Å². The van der Waals surface area contributed by atoms with Crippen molar-refractivity contribution in [3.8, 4) is 0 Å². The third-order valence-corrected chi connectivity index (χ3v) is 5.43. The number of carbonyl (C=O) groups is 4. The first-order chi connectivity index (χ1) is 18.2. The number of nitrogens with zero attached hydrogens (tertiary/aromatic N) is 1. The molecule has 10 nitrogen and oxygen atoms in total. The van der Waals surface area contributed by atoms with Gasteiger partial charge in [-0.1, -0.05) is 50.3 Å². The van der Waals surface area contributed by atoms with Crippen molar-refractivity contribution in [1.29, 1.82) is 0 Å². The maximum Gasteiger partial charge on any atom is 0.330 e. The Kier molecular flexibility index (Phi) is 12.5. The molecule has 38 heavy (non-hydrogen) atoms. The number of nitrogens with one attached hydrogen (secondary N) is 3. The second-order valence-corrected chi connectivity index (χ2v) is 9.20. The van der Waals surface area contributed by atoms with Gasteiger partial charge < -0.3 is 25.3 Å². The van der Waals surface area contributed by atoms with Crippen molar-refractivity contribution in [3.05, 3.63) is 76.7 Å². The van der Waals surface area contributed by atoms with Crippen LogP contribution in [0.2, 0.25) is 0 Å². The standard InChI is InChI=1S/C28H36N4O6/c1-20(2)15-16-29-25(34)18-32-17-9-13-24(28(32)37)31-27(36)23(30-21(3)33)12-7-8-14-26(35)38-19-22-10-5-4-6-11-22/h4-6,8-11,13-14,17,20,23H,7,12,15-16,18-19H2,1-3H3,(H,29,34)(H,30,33)(H,31,36). The molecule has 1 atom stereocenters. The molecular weight excluding hydrogens is 488 g/mol. The van der Waals surface area contributed by atoms with Gasteiger partial charge in [0.2, 0.25) is 17.7 Å². The molecule has 10 heteroatoms. The van der Waals surface area contributed by atoms with Crippen LogP contribution in [0.4, 0.5) is 5.69 Å². The van der Waals surface area contributed by atoms with E-state index in [0.717, 1.165) is 12.0 Å². The van der Waals surface area contributed by atoms with E-state index in [4.69, 9.17) is 4.74 Å². The molecule has 0 aliphatic carbocycles. The monoisotopic (exact) mass is 524 g/mol. The zero-order valence-corrected chi connectivity index (χ0v) is 22.1. The molecule has 1 heterocycles. The van der Waals surface area contributed by atoms with Gasteiger partial charge in [0.1, 0.15) is 24.9 Å². The summed E-state index contributed by atoms with van der Waals surface area (Å²) in [6.45, 7) is 5.86. The van der Waals surface area contributed by atoms with E-state index in [1.54, 1.807) is 12.1 Å². The molecule has 0 bridgehead atoms. The van der Waals surface area contributed by atoms with Gasteiger partial charge in [-0.25, -0.2) is 4.79 Å². The van der Waals surface area contributed by atoms with E-state index in [1.165, 1.54) is 29.8 Å². The molecule has 1 unspecified atom stereocenters. The third-order valence-electron chi connectivity index (χ3n) is 5.43. The highest BCUT2D eigenvalue weighted by Crippen LogP contribution is 2.06. The van der Waals surface area contributed by atoms with Gasteiger partial charge in [0.25, 0.3) is 5.56 Å². The molecule has 1 aromatic heterocycles. The summed E-state index contributed by atoms with van der Waals surface area (Å²) in [6, 6.07) is 11.3. The number of amides is 3. The quantitative estimate of drug-likeness (QED) is 0.257. The van der Waals surface area contributed by atoms with Crippen LogP contribution in [0.5, 0.6) is 0 Å². The Balaban J connectivity index is 1.92. The summed E-state index contributed by atoms with van der Waals surface area (Å²) in [5, 5.41) is 7.87. The van der Waals surface area contributed by atoms with Crippen LogP contribution in [0.3, 0.4) is 0 Å². The molecular formula is C28H36N4O6. The molecule has 0 saturated carbocycles. The first kappa shape index (κ1) is 30.0. The molecule has 0 aliphatic heterocycles. The lowest BCUT2D eigenvalue weighted by atomic mass is 10.1. The molecule has 3 N–H and O–H groups in total. The second kappa shape index (κ2) is 15.8. The predicted octanol–water partition coefficient (Wildman–Crippen LogP) is 2.53. The lowest BCUT2D eigenvalue weighted by Crippen LogP contribution is -2.43. The van der Waals surface area contributed by atoms with Crippen LogP contribution in [0.25, 0.3) is 0 Å². The van der Waals surface area contributed by atoms with E-state index in [1.807, 2.05) is 30.3 Å². The van der Waals surface area contributed by atoms with Gasteiger partial charge in [0.05, 0.1) is 0 Å². The minimum absolute atomic E-state index is 0.0112. The number of anilines is 1. The number of hydrogen-bond acceptors (Lipinski definition) is 6. The molecule has 3 amide bonds. The summed E-state index contributed by atoms with van der Waals surface area (Å²) in [6.07, 6.45) is 5.61. The Hall–Kier alpha value is -4.21. The van der Waals surface area contributed by atoms with Crippen molar-refractivity contribution in [1.82, 2.24) is 15.2 Å². The van der Waals surface area contributed by atoms with Gasteiger partial charge in [-0.05, 0) is 42.9 Å². The topological polar surface area (TPSA) is 136 Å². The molecule has 2 rings (SSSR count). The minimum atomic E-state index is -0.940. The summed E-state index contributed by atoms with van der Waals surface area (Å²) < 4.78 is 6.38. The number of benzene rings is 1. The third kappa shape index (κ3) is 11.2. The number of esters is 1. The molecule has 0 spiro atoms. The average molecular weight is 525 g/mol. The largest absolute Gasteiger partial charge is 0.458 e. The van der Waals surface area contributed by atoms with E-state index in [-0.39, 0.29) is 31.2 Å². The van der Waals surface area contributed by atoms with Crippen molar-refractivity contribution in [2.75, 3.05) is 11.9 Å². The fourth-order valence-corrected chi connectivity index (χ4v) is 3.42. The SMILES string of the molecule is CC(=O)NC(CCC=CC(=O)OCc1ccccc1)C(=O)Nc1cccn(CC(=O)NCCC(C)C)c1=O. The summed E-state index contributed by atoms with van der Waals surface area (Å²) in [4.78, 5) is 61.4. The van der Waals surface area contributed by atoms with Crippen LogP contribution < -0.4 is 21.5 Å². The highest BCUT2D eigenvalue weighted by molar-refractivity contribution is 5.96. The van der Waals surface area contributed by atoms with Gasteiger partial charge in [-0.3, -0.25) is 19.2 Å². The lowest BCUT2D eigenvalue weighted by Gasteiger charge is -2.17. The summed E-state index contributed by atoms with van der Waals surface area (Å²) in [5.74, 6) is -1.39. The van der Waals surface area contributed by atoms with Crippen molar-refractivity contribution in [2.24, 2.45) is 5.92 Å². The Morgan fingerprint density at radius 1 is 1.03 bits per heavy atom. The number of aromatic nitrogens is 1. The summed E-state index contributed by atoms with van der Waals surface area (Å²) >= 11 is 0. The molecule has 204 valence electrons. The number of allylic oxidation sites excluding steroid dienone is 1. The van der Waals surface area contributed by atoms with Crippen molar-refractivity contribution in [2.45, 2.75) is 59.2 Å². The first-order valence-electron chi connectivity index (χ1n) is 12.6. The van der Waals surface area contributed by atoms with Crippen molar-refractivity contribution >= 4 is 29.4 Å². The van der Waals surface area contributed by atoms with E-state index in [9.17, 15) is 24.0 Å². The Labute approximate surface area is 222 Å². The maximum atomic E-state index is 12.9. The molecule has 2 aromatic rings. The molecule has 0 aliphatic rings. The van der Waals surface area contributed by atoms with Crippen molar-refractivity contribution < 1.29 is 23.9 Å². The number of pyridine rings is 1. The van der Waals surface area contributed by atoms with Crippen LogP contribution >= 0.6 is 0 Å². The number of carbonyl (C=O) groups excluding carboxylic acids is 4. The Bertz CT molecular complexity index is 1170. The fourth-order valence-electron chi connectivity index (χ4n) is 3.42. The first-order valence-corrected chi connectivity index (χ1v) is 12.6. The van der Waals surface area contributed by atoms with Gasteiger partial charge in [-0.2, -0.15) is 0 Å². The lowest BCUT2D eigenvalue weighted by molar-refractivity contribution is -0.139. The maximum absolute atomic E-state index is 12.9. The van der Waals surface area contributed by atoms with E-state index < -0.39 is 29.4 Å². The Morgan fingerprint density at radius 2 is 1.76 bits per heavy atom. The van der Waals surface area contributed by atoms with Crippen LogP contribution in [-0.2, 0) is 37.1 Å². The number of hydrogen-bond donors (Lipinski definition) is 3. The van der Waals surface area contributed by atoms with Crippen molar-refractivity contribution in [3.63, 3.8) is 0 Å². The fraction of sp³-hybridized carbons (Fsp3) is 0.393. The molecule has 0 saturated heterocycles. The van der Waals surface area contributed by atoms with Gasteiger partial charge in [0.15, 0.2) is 0 Å². The van der Waals surface area contributed by atoms with Crippen LogP contribution in [0.15, 0.2) is 65.6 Å². The zero-order chi connectivity index (χ0) is 27.9. The highest BCUT2D eigenvalue weighted by atomic mass is 16.5. The highest BCUT2D eigenvalue weighted by Gasteiger charge is 2.20. The van der Waals surface area contributed by atoms with E-state index in [2.05, 4.69) is 29.8 Å². The second-order valence-electron chi connectivity index (χ2n) is 9.20. The van der Waals surface area contributed by atoms with Crippen LogP contribution in [0, 0.1) is 5.92 Å². The summed E-state index contributed by atoms with van der Waals surface area (Å²) in [7, 11) is 0. The normalized spacial score (nSPS) is 11.7.